The monoisotopic (exact) mass is 229 g/mol. The second-order valence-electron chi connectivity index (χ2n) is 1.32. The van der Waals surface area contributed by atoms with Gasteiger partial charge in [0.05, 0.1) is 5.33 Å². The molecule has 0 aliphatic heterocycles. The zero-order chi connectivity index (χ0) is 6.85. The predicted octanol–water partition coefficient (Wildman–Crippen LogP) is 2.88. The minimum absolute atomic E-state index is 0.0782. The first kappa shape index (κ1) is 7.38. The van der Waals surface area contributed by atoms with Crippen molar-refractivity contribution >= 4 is 39.1 Å². The Morgan fingerprint density at radius 2 is 2.22 bits per heavy atom. The van der Waals surface area contributed by atoms with Gasteiger partial charge in [-0.2, -0.15) is 0 Å². The normalized spacial score (nSPS) is 10.1. The molecule has 0 aromatic carbocycles. The lowest BCUT2D eigenvalue weighted by Crippen LogP contribution is -1.74. The van der Waals surface area contributed by atoms with Gasteiger partial charge in [-0.25, -0.2) is 4.98 Å². The molecule has 1 aromatic heterocycles. The van der Waals surface area contributed by atoms with E-state index in [1.807, 2.05) is 0 Å². The Labute approximate surface area is 70.3 Å². The fourth-order valence-electron chi connectivity index (χ4n) is 0.388. The topological polar surface area (TPSA) is 26.0 Å². The molecule has 9 heavy (non-hydrogen) atoms. The molecule has 0 atom stereocenters. The van der Waals surface area contributed by atoms with Crippen molar-refractivity contribution in [2.45, 2.75) is 5.33 Å². The van der Waals surface area contributed by atoms with E-state index in [4.69, 9.17) is 27.6 Å². The van der Waals surface area contributed by atoms with E-state index in [2.05, 4.69) is 20.9 Å². The van der Waals surface area contributed by atoms with E-state index < -0.39 is 0 Å². The number of alkyl halides is 1. The van der Waals surface area contributed by atoms with Gasteiger partial charge in [-0.1, -0.05) is 15.9 Å². The summed E-state index contributed by atoms with van der Waals surface area (Å²) in [7, 11) is 0. The minimum Gasteiger partial charge on any atom is -0.415 e. The largest absolute Gasteiger partial charge is 0.415 e. The Morgan fingerprint density at radius 1 is 1.56 bits per heavy atom. The highest BCUT2D eigenvalue weighted by molar-refractivity contribution is 9.08. The molecule has 0 unspecified atom stereocenters. The summed E-state index contributed by atoms with van der Waals surface area (Å²) in [6.07, 6.45) is 0. The van der Waals surface area contributed by atoms with Crippen LogP contribution >= 0.6 is 39.1 Å². The van der Waals surface area contributed by atoms with Crippen LogP contribution in [0, 0.1) is 0 Å². The number of nitrogens with zero attached hydrogens (tertiary/aromatic N) is 1. The van der Waals surface area contributed by atoms with E-state index in [1.54, 1.807) is 0 Å². The van der Waals surface area contributed by atoms with Crippen LogP contribution in [0.2, 0.25) is 10.6 Å². The molecule has 0 N–H and O–H groups in total. The Hall–Kier alpha value is 0.270. The SMILES string of the molecule is Clc1nc(CBr)c(Cl)o1. The third-order valence-corrected chi connectivity index (χ3v) is 1.74. The van der Waals surface area contributed by atoms with Crippen LogP contribution in [0.4, 0.5) is 0 Å². The van der Waals surface area contributed by atoms with Crippen molar-refractivity contribution in [3.05, 3.63) is 16.3 Å². The van der Waals surface area contributed by atoms with Crippen LogP contribution in [-0.4, -0.2) is 4.98 Å². The molecule has 0 fully saturated rings. The molecule has 0 radical (unpaired) electrons. The van der Waals surface area contributed by atoms with Gasteiger partial charge in [0.1, 0.15) is 5.69 Å². The summed E-state index contributed by atoms with van der Waals surface area (Å²) in [6, 6.07) is 0. The van der Waals surface area contributed by atoms with Crippen molar-refractivity contribution in [2.24, 2.45) is 0 Å². The smallest absolute Gasteiger partial charge is 0.293 e. The first-order valence-electron chi connectivity index (χ1n) is 2.10. The highest BCUT2D eigenvalue weighted by Gasteiger charge is 2.06. The second kappa shape index (κ2) is 2.90. The number of oxazole rings is 1. The first-order chi connectivity index (χ1) is 4.24. The van der Waals surface area contributed by atoms with Gasteiger partial charge in [-0.15, -0.1) is 0 Å². The minimum atomic E-state index is 0.0782. The molecule has 1 rings (SSSR count). The molecular weight excluding hydrogens is 229 g/mol. The maximum absolute atomic E-state index is 5.50. The zero-order valence-corrected chi connectivity index (χ0v) is 7.29. The Morgan fingerprint density at radius 3 is 2.44 bits per heavy atom. The molecule has 0 amide bonds. The summed E-state index contributed by atoms with van der Waals surface area (Å²) < 4.78 is 4.70. The maximum atomic E-state index is 5.50. The van der Waals surface area contributed by atoms with Gasteiger partial charge in [0.15, 0.2) is 0 Å². The second-order valence-corrected chi connectivity index (χ2v) is 2.55. The molecule has 50 valence electrons. The molecule has 0 saturated heterocycles. The zero-order valence-electron chi connectivity index (χ0n) is 4.20. The van der Waals surface area contributed by atoms with Gasteiger partial charge in [-0.3, -0.25) is 0 Å². The lowest BCUT2D eigenvalue weighted by Gasteiger charge is -1.79. The third kappa shape index (κ3) is 1.60. The maximum Gasteiger partial charge on any atom is 0.293 e. The van der Waals surface area contributed by atoms with E-state index in [0.29, 0.717) is 11.0 Å². The first-order valence-corrected chi connectivity index (χ1v) is 3.98. The fraction of sp³-hybridized carbons (Fsp3) is 0.250. The molecule has 5 heteroatoms. The molecular formula is C4H2BrCl2NO. The summed E-state index contributed by atoms with van der Waals surface area (Å²) in [6.45, 7) is 0. The summed E-state index contributed by atoms with van der Waals surface area (Å²) in [4.78, 5) is 3.75. The lowest BCUT2D eigenvalue weighted by atomic mass is 10.6. The van der Waals surface area contributed by atoms with Gasteiger partial charge >= 0.3 is 0 Å². The van der Waals surface area contributed by atoms with Crippen molar-refractivity contribution in [1.29, 1.82) is 0 Å². The molecule has 0 aliphatic carbocycles. The fourth-order valence-corrected chi connectivity index (χ4v) is 1.33. The highest BCUT2D eigenvalue weighted by atomic mass is 79.9. The standard InChI is InChI=1S/C4H2BrCl2NO/c5-1-2-3(6)9-4(7)8-2/h1H2. The van der Waals surface area contributed by atoms with Gasteiger partial charge < -0.3 is 4.42 Å². The Balaban J connectivity index is 3.01. The predicted molar refractivity (Wildman–Crippen MR) is 39.2 cm³/mol. The quantitative estimate of drug-likeness (QED) is 0.694. The summed E-state index contributed by atoms with van der Waals surface area (Å²) in [5.74, 6) is 0. The van der Waals surface area contributed by atoms with Crippen LogP contribution in [0.5, 0.6) is 0 Å². The van der Waals surface area contributed by atoms with Crippen LogP contribution < -0.4 is 0 Å². The number of rotatable bonds is 1. The highest BCUT2D eigenvalue weighted by Crippen LogP contribution is 2.21. The van der Waals surface area contributed by atoms with Gasteiger partial charge in [0, 0.05) is 0 Å². The van der Waals surface area contributed by atoms with Crippen LogP contribution in [0.1, 0.15) is 5.69 Å². The van der Waals surface area contributed by atoms with Gasteiger partial charge in [-0.05, 0) is 23.2 Å². The van der Waals surface area contributed by atoms with E-state index in [9.17, 15) is 0 Å². The van der Waals surface area contributed by atoms with Crippen molar-refractivity contribution in [3.8, 4) is 0 Å². The molecule has 1 heterocycles. The lowest BCUT2D eigenvalue weighted by molar-refractivity contribution is 0.561. The van der Waals surface area contributed by atoms with Crippen LogP contribution in [0.15, 0.2) is 4.42 Å². The summed E-state index contributed by atoms with van der Waals surface area (Å²) in [5.41, 5.74) is 0.627. The van der Waals surface area contributed by atoms with Crippen molar-refractivity contribution < 1.29 is 4.42 Å². The van der Waals surface area contributed by atoms with E-state index >= 15 is 0 Å². The van der Waals surface area contributed by atoms with Crippen molar-refractivity contribution in [1.82, 2.24) is 4.98 Å². The van der Waals surface area contributed by atoms with Gasteiger partial charge in [0.2, 0.25) is 5.22 Å². The molecule has 0 spiro atoms. The molecule has 0 bridgehead atoms. The van der Waals surface area contributed by atoms with E-state index in [0.717, 1.165) is 0 Å². The number of hydrogen-bond acceptors (Lipinski definition) is 2. The Kier molecular flexibility index (Phi) is 2.38. The third-order valence-electron chi connectivity index (χ3n) is 0.750. The number of aromatic nitrogens is 1. The molecule has 0 saturated carbocycles. The van der Waals surface area contributed by atoms with Crippen molar-refractivity contribution in [2.75, 3.05) is 0 Å². The molecule has 1 aromatic rings. The molecule has 0 aliphatic rings. The summed E-state index contributed by atoms with van der Waals surface area (Å²) >= 11 is 14.0. The van der Waals surface area contributed by atoms with Crippen LogP contribution in [0.25, 0.3) is 0 Å². The van der Waals surface area contributed by atoms with Crippen molar-refractivity contribution in [3.63, 3.8) is 0 Å². The van der Waals surface area contributed by atoms with E-state index in [-0.39, 0.29) is 10.6 Å². The van der Waals surface area contributed by atoms with E-state index in [1.165, 1.54) is 0 Å². The van der Waals surface area contributed by atoms with Crippen LogP contribution in [0.3, 0.4) is 0 Å². The number of halogens is 3. The molecule has 2 nitrogen and oxygen atoms in total. The summed E-state index contributed by atoms with van der Waals surface area (Å²) in [5, 5.41) is 0.883. The average Bonchev–Trinajstić information content (AvgIpc) is 2.10. The Bertz CT molecular complexity index is 212. The number of hydrogen-bond donors (Lipinski definition) is 0. The van der Waals surface area contributed by atoms with Gasteiger partial charge in [0.25, 0.3) is 5.35 Å². The van der Waals surface area contributed by atoms with Crippen LogP contribution in [-0.2, 0) is 5.33 Å². The average molecular weight is 231 g/mol.